The molecule has 0 aliphatic heterocycles. The van der Waals surface area contributed by atoms with Crippen molar-refractivity contribution >= 4 is 62.9 Å². The third-order valence-corrected chi connectivity index (χ3v) is 17.2. The van der Waals surface area contributed by atoms with E-state index in [9.17, 15) is 9.59 Å². The van der Waals surface area contributed by atoms with Crippen LogP contribution in [0.2, 0.25) is 28.2 Å². The number of unbranched alkanes of at least 4 members (excludes halogenated alkanes) is 1. The van der Waals surface area contributed by atoms with E-state index in [0.29, 0.717) is 41.9 Å². The Morgan fingerprint density at radius 2 is 1.81 bits per heavy atom. The SMILES string of the molecule is COC(=O)CCCC#CC[C@H]1C(=O)C[C@@H](C(C)(C)O[Si]C(C)(C)C)[C@@H]1C=CC(CCc1sc2ccccc2c1Cl)O[Si](C)(C)C(C)(C)C. The molecule has 0 spiro atoms. The Labute approximate surface area is 303 Å². The van der Waals surface area contributed by atoms with Crippen LogP contribution in [-0.2, 0) is 29.6 Å². The normalized spacial score (nSPS) is 19.9. The second-order valence-electron chi connectivity index (χ2n) is 16.2. The fraction of sp³-hybridized carbons (Fsp3) is 0.641. The first-order valence-electron chi connectivity index (χ1n) is 17.3. The molecular formula is C39H57ClO5SSi2. The number of halogens is 1. The average molecular weight is 730 g/mol. The van der Waals surface area contributed by atoms with E-state index < -0.39 is 13.9 Å². The van der Waals surface area contributed by atoms with Crippen LogP contribution in [0.15, 0.2) is 36.4 Å². The minimum Gasteiger partial charge on any atom is -0.469 e. The van der Waals surface area contributed by atoms with Gasteiger partial charge in [0.2, 0.25) is 9.76 Å². The van der Waals surface area contributed by atoms with Gasteiger partial charge < -0.3 is 13.6 Å². The van der Waals surface area contributed by atoms with Crippen LogP contribution in [0.1, 0.15) is 98.8 Å². The molecule has 0 saturated heterocycles. The van der Waals surface area contributed by atoms with Crippen molar-refractivity contribution < 1.29 is 23.2 Å². The molecule has 1 fully saturated rings. The number of esters is 1. The largest absolute Gasteiger partial charge is 0.469 e. The van der Waals surface area contributed by atoms with Crippen LogP contribution in [0.4, 0.5) is 0 Å². The van der Waals surface area contributed by atoms with Crippen LogP contribution in [0.3, 0.4) is 0 Å². The average Bonchev–Trinajstić information content (AvgIpc) is 3.49. The van der Waals surface area contributed by atoms with Gasteiger partial charge in [-0.25, -0.2) is 0 Å². The number of methoxy groups -OCH3 is 1. The minimum absolute atomic E-state index is 0.0211. The number of Topliss-reactive ketones (excluding diaryl/α,β-unsaturated/α-hetero) is 1. The molecule has 4 atom stereocenters. The van der Waals surface area contributed by atoms with Crippen molar-refractivity contribution in [1.82, 2.24) is 0 Å². The summed E-state index contributed by atoms with van der Waals surface area (Å²) in [5, 5.41) is 2.04. The number of hydrogen-bond donors (Lipinski definition) is 0. The summed E-state index contributed by atoms with van der Waals surface area (Å²) in [6, 6.07) is 8.31. The maximum atomic E-state index is 13.7. The standard InChI is InChI=1S/C39H57ClO5SSi2/c1-37(2,3)47-45-39(7,8)31-26-32(41)29(18-14-12-13-15-21-35(42)43-9)28(31)24-22-27(44-48(10,11)38(4,5)6)23-25-34-36(40)30-19-16-17-20-33(30)46-34/h16-17,19-20,22,24,27-29,31H,13,15,18,21,23,25-26H2,1-11H3/t27?,28-,29-,31-/m1/s1. The van der Waals surface area contributed by atoms with Crippen molar-refractivity contribution in [2.24, 2.45) is 17.8 Å². The Bertz CT molecular complexity index is 1490. The summed E-state index contributed by atoms with van der Waals surface area (Å²) in [6.45, 7) is 22.2. The van der Waals surface area contributed by atoms with E-state index in [0.717, 1.165) is 23.3 Å². The number of carbonyl (C=O) groups excluding carboxylic acids is 2. The second-order valence-corrected chi connectivity index (χ2v) is 24.4. The van der Waals surface area contributed by atoms with Gasteiger partial charge in [0.15, 0.2) is 8.32 Å². The Kier molecular flexibility index (Phi) is 14.4. The number of aryl methyl sites for hydroxylation is 1. The molecule has 2 aromatic rings. The van der Waals surface area contributed by atoms with Crippen LogP contribution >= 0.6 is 22.9 Å². The lowest BCUT2D eigenvalue weighted by Gasteiger charge is -2.39. The monoisotopic (exact) mass is 728 g/mol. The summed E-state index contributed by atoms with van der Waals surface area (Å²) < 4.78 is 19.6. The molecule has 3 rings (SSSR count). The van der Waals surface area contributed by atoms with Gasteiger partial charge in [0.25, 0.3) is 0 Å². The molecule has 1 aromatic heterocycles. The van der Waals surface area contributed by atoms with Crippen LogP contribution < -0.4 is 0 Å². The highest BCUT2D eigenvalue weighted by atomic mass is 35.5. The first kappa shape index (κ1) is 40.7. The number of benzene rings is 1. The predicted octanol–water partition coefficient (Wildman–Crippen LogP) is 10.6. The Hall–Kier alpha value is -1.74. The van der Waals surface area contributed by atoms with E-state index in [1.165, 1.54) is 16.7 Å². The minimum atomic E-state index is -2.12. The van der Waals surface area contributed by atoms with Gasteiger partial charge in [0, 0.05) is 52.5 Å². The van der Waals surface area contributed by atoms with Crippen LogP contribution in [0.5, 0.6) is 0 Å². The number of carbonyl (C=O) groups is 2. The topological polar surface area (TPSA) is 61.8 Å². The summed E-state index contributed by atoms with van der Waals surface area (Å²) in [5.41, 5.74) is -0.487. The fourth-order valence-corrected chi connectivity index (χ4v) is 9.35. The van der Waals surface area contributed by atoms with Gasteiger partial charge in [0.1, 0.15) is 5.78 Å². The molecule has 1 heterocycles. The molecule has 1 unspecified atom stereocenters. The Balaban J connectivity index is 1.92. The first-order valence-corrected chi connectivity index (χ1v) is 22.3. The van der Waals surface area contributed by atoms with Gasteiger partial charge >= 0.3 is 5.97 Å². The number of rotatable bonds is 14. The Morgan fingerprint density at radius 1 is 1.12 bits per heavy atom. The lowest BCUT2D eigenvalue weighted by molar-refractivity contribution is -0.140. The van der Waals surface area contributed by atoms with Crippen molar-refractivity contribution in [3.63, 3.8) is 0 Å². The summed E-state index contributed by atoms with van der Waals surface area (Å²) in [6.07, 6.45) is 8.55. The highest BCUT2D eigenvalue weighted by Crippen LogP contribution is 2.46. The quantitative estimate of drug-likeness (QED) is 0.0637. The molecule has 48 heavy (non-hydrogen) atoms. The van der Waals surface area contributed by atoms with Crippen molar-refractivity contribution in [3.8, 4) is 11.8 Å². The molecule has 5 nitrogen and oxygen atoms in total. The number of ether oxygens (including phenoxy) is 1. The number of hydrogen-bond acceptors (Lipinski definition) is 6. The van der Waals surface area contributed by atoms with E-state index in [-0.39, 0.29) is 45.7 Å². The van der Waals surface area contributed by atoms with E-state index in [1.807, 2.05) is 6.07 Å². The molecule has 1 aliphatic carbocycles. The molecule has 1 saturated carbocycles. The van der Waals surface area contributed by atoms with Gasteiger partial charge in [-0.05, 0) is 68.3 Å². The second kappa shape index (κ2) is 17.0. The zero-order valence-electron chi connectivity index (χ0n) is 31.1. The van der Waals surface area contributed by atoms with Crippen molar-refractivity contribution in [3.05, 3.63) is 46.3 Å². The van der Waals surface area contributed by atoms with Crippen molar-refractivity contribution in [2.75, 3.05) is 7.11 Å². The third kappa shape index (κ3) is 11.4. The van der Waals surface area contributed by atoms with Crippen LogP contribution in [-0.4, -0.2) is 48.6 Å². The molecule has 9 heteroatoms. The van der Waals surface area contributed by atoms with Gasteiger partial charge in [0.05, 0.1) is 23.8 Å². The lowest BCUT2D eigenvalue weighted by atomic mass is 9.78. The van der Waals surface area contributed by atoms with Crippen LogP contribution in [0.25, 0.3) is 10.1 Å². The fourth-order valence-electron chi connectivity index (χ4n) is 5.78. The first-order chi connectivity index (χ1) is 22.3. The predicted molar refractivity (Wildman–Crippen MR) is 205 cm³/mol. The van der Waals surface area contributed by atoms with Gasteiger partial charge in [-0.15, -0.1) is 23.2 Å². The molecule has 0 bridgehead atoms. The highest BCUT2D eigenvalue weighted by molar-refractivity contribution is 7.19. The van der Waals surface area contributed by atoms with Crippen molar-refractivity contribution in [1.29, 1.82) is 0 Å². The Morgan fingerprint density at radius 3 is 2.44 bits per heavy atom. The molecule has 1 aliphatic rings. The number of ketones is 1. The van der Waals surface area contributed by atoms with E-state index in [1.54, 1.807) is 11.3 Å². The van der Waals surface area contributed by atoms with Crippen LogP contribution in [0, 0.1) is 29.6 Å². The highest BCUT2D eigenvalue weighted by Gasteiger charge is 2.48. The molecule has 0 amide bonds. The summed E-state index contributed by atoms with van der Waals surface area (Å²) in [5.74, 6) is 6.29. The number of thiophene rings is 1. The molecule has 0 N–H and O–H groups in total. The van der Waals surface area contributed by atoms with E-state index >= 15 is 0 Å². The molecule has 264 valence electrons. The maximum absolute atomic E-state index is 13.7. The summed E-state index contributed by atoms with van der Waals surface area (Å²) in [4.78, 5) is 26.3. The summed E-state index contributed by atoms with van der Waals surface area (Å²) >= 11 is 8.63. The lowest BCUT2D eigenvalue weighted by Crippen LogP contribution is -2.43. The number of allylic oxidation sites excluding steroid dienone is 1. The summed E-state index contributed by atoms with van der Waals surface area (Å²) in [7, 11) is -0.395. The third-order valence-electron chi connectivity index (χ3n) is 9.69. The molecule has 2 radical (unpaired) electrons. The smallest absolute Gasteiger partial charge is 0.305 e. The van der Waals surface area contributed by atoms with Gasteiger partial charge in [-0.3, -0.25) is 9.59 Å². The zero-order chi connectivity index (χ0) is 35.9. The molecule has 1 aromatic carbocycles. The van der Waals surface area contributed by atoms with Crippen molar-refractivity contribution in [2.45, 2.75) is 135 Å². The van der Waals surface area contributed by atoms with E-state index in [2.05, 4.69) is 111 Å². The zero-order valence-corrected chi connectivity index (χ0v) is 34.6. The maximum Gasteiger partial charge on any atom is 0.305 e. The molecular weight excluding hydrogens is 672 g/mol. The van der Waals surface area contributed by atoms with E-state index in [4.69, 9.17) is 25.2 Å². The van der Waals surface area contributed by atoms with Gasteiger partial charge in [-0.2, -0.15) is 0 Å². The number of fused-ring (bicyclic) bond motifs is 1. The van der Waals surface area contributed by atoms with Gasteiger partial charge in [-0.1, -0.05) is 83.5 Å².